The summed E-state index contributed by atoms with van der Waals surface area (Å²) in [4.78, 5) is 42.9. The highest BCUT2D eigenvalue weighted by molar-refractivity contribution is 7.20. The first-order valence-corrected chi connectivity index (χ1v) is 8.73. The number of carbonyl (C=O) groups is 2. The lowest BCUT2D eigenvalue weighted by Crippen LogP contribution is -2.44. The molecule has 1 amide bonds. The second kappa shape index (κ2) is 6.35. The molecule has 3 heterocycles. The van der Waals surface area contributed by atoms with Crippen LogP contribution in [0.3, 0.4) is 0 Å². The predicted molar refractivity (Wildman–Crippen MR) is 90.6 cm³/mol. The van der Waals surface area contributed by atoms with Gasteiger partial charge in [0.05, 0.1) is 11.7 Å². The highest BCUT2D eigenvalue weighted by Gasteiger charge is 2.24. The number of carbonyl (C=O) groups excluding carboxylic acids is 1. The highest BCUT2D eigenvalue weighted by Crippen LogP contribution is 2.26. The molecule has 1 N–H and O–H groups in total. The minimum Gasteiger partial charge on any atom is -0.477 e. The van der Waals surface area contributed by atoms with Gasteiger partial charge in [0.25, 0.3) is 5.56 Å². The van der Waals surface area contributed by atoms with E-state index < -0.39 is 5.97 Å². The van der Waals surface area contributed by atoms with Crippen molar-refractivity contribution in [3.8, 4) is 0 Å². The number of carboxylic acid groups (broad SMARTS) is 1. The van der Waals surface area contributed by atoms with Crippen molar-refractivity contribution in [1.82, 2.24) is 14.5 Å². The zero-order valence-electron chi connectivity index (χ0n) is 13.6. The van der Waals surface area contributed by atoms with Gasteiger partial charge in [-0.3, -0.25) is 14.2 Å². The molecular formula is C16H19N3O4S. The zero-order chi connectivity index (χ0) is 17.4. The van der Waals surface area contributed by atoms with E-state index in [0.29, 0.717) is 22.3 Å². The van der Waals surface area contributed by atoms with E-state index in [4.69, 9.17) is 0 Å². The van der Waals surface area contributed by atoms with Gasteiger partial charge in [0.1, 0.15) is 16.3 Å². The van der Waals surface area contributed by atoms with Gasteiger partial charge in [0.2, 0.25) is 5.91 Å². The molecule has 128 valence electrons. The van der Waals surface area contributed by atoms with Gasteiger partial charge in [-0.1, -0.05) is 0 Å². The molecule has 3 rings (SSSR count). The average Bonchev–Trinajstić information content (AvgIpc) is 2.88. The predicted octanol–water partition coefficient (Wildman–Crippen LogP) is 1.87. The zero-order valence-corrected chi connectivity index (χ0v) is 14.4. The van der Waals surface area contributed by atoms with Gasteiger partial charge in [-0.15, -0.1) is 11.3 Å². The molecule has 1 aliphatic heterocycles. The minimum atomic E-state index is -1.07. The van der Waals surface area contributed by atoms with Crippen molar-refractivity contribution >= 4 is 33.4 Å². The van der Waals surface area contributed by atoms with Crippen molar-refractivity contribution in [3.05, 3.63) is 27.1 Å². The maximum atomic E-state index is 12.7. The van der Waals surface area contributed by atoms with Crippen molar-refractivity contribution < 1.29 is 14.7 Å². The Labute approximate surface area is 142 Å². The van der Waals surface area contributed by atoms with Gasteiger partial charge in [-0.05, 0) is 38.7 Å². The number of aryl methyl sites for hydroxylation is 1. The van der Waals surface area contributed by atoms with Gasteiger partial charge in [-0.25, -0.2) is 9.78 Å². The number of piperidine rings is 1. The third kappa shape index (κ3) is 2.82. The van der Waals surface area contributed by atoms with Crippen LogP contribution >= 0.6 is 11.3 Å². The van der Waals surface area contributed by atoms with Gasteiger partial charge >= 0.3 is 5.97 Å². The molecule has 0 saturated carbocycles. The lowest BCUT2D eigenvalue weighted by atomic mass is 10.0. The van der Waals surface area contributed by atoms with Crippen molar-refractivity contribution in [3.63, 3.8) is 0 Å². The van der Waals surface area contributed by atoms with E-state index in [2.05, 4.69) is 4.98 Å². The summed E-state index contributed by atoms with van der Waals surface area (Å²) in [6.07, 6.45) is 4.40. The Morgan fingerprint density at radius 3 is 2.83 bits per heavy atom. The third-order valence-electron chi connectivity index (χ3n) is 4.54. The van der Waals surface area contributed by atoms with Crippen LogP contribution in [0, 0.1) is 6.92 Å². The summed E-state index contributed by atoms with van der Waals surface area (Å²) in [5, 5.41) is 9.48. The molecule has 7 nitrogen and oxygen atoms in total. The normalized spacial score (nSPS) is 18.1. The Balaban J connectivity index is 1.94. The number of aromatic nitrogens is 2. The lowest BCUT2D eigenvalue weighted by Gasteiger charge is -2.33. The van der Waals surface area contributed by atoms with Crippen LogP contribution in [0.2, 0.25) is 0 Å². The Hall–Kier alpha value is -2.22. The summed E-state index contributed by atoms with van der Waals surface area (Å²) in [7, 11) is 0. The Morgan fingerprint density at radius 1 is 1.42 bits per heavy atom. The Bertz CT molecular complexity index is 870. The van der Waals surface area contributed by atoms with Crippen molar-refractivity contribution in [2.45, 2.75) is 45.7 Å². The number of hydrogen-bond donors (Lipinski definition) is 1. The number of carboxylic acids is 1. The summed E-state index contributed by atoms with van der Waals surface area (Å²) in [5.41, 5.74) is 0.0485. The standard InChI is InChI=1S/C16H19N3O4S/c1-9-5-3-4-6-19(9)11(20)7-18-8-17-14-12(15(18)21)10(2)13(24-14)16(22)23/h8-9H,3-7H2,1-2H3,(H,22,23). The molecule has 8 heteroatoms. The number of rotatable bonds is 3. The van der Waals surface area contributed by atoms with E-state index in [1.807, 2.05) is 11.8 Å². The fourth-order valence-electron chi connectivity index (χ4n) is 3.18. The largest absolute Gasteiger partial charge is 0.477 e. The number of hydrogen-bond acceptors (Lipinski definition) is 5. The number of thiophene rings is 1. The monoisotopic (exact) mass is 349 g/mol. The van der Waals surface area contributed by atoms with Crippen LogP contribution in [0.15, 0.2) is 11.1 Å². The second-order valence-electron chi connectivity index (χ2n) is 6.15. The second-order valence-corrected chi connectivity index (χ2v) is 7.15. The Morgan fingerprint density at radius 2 is 2.17 bits per heavy atom. The molecule has 0 aromatic carbocycles. The van der Waals surface area contributed by atoms with Crippen LogP contribution in [-0.2, 0) is 11.3 Å². The maximum Gasteiger partial charge on any atom is 0.346 e. The third-order valence-corrected chi connectivity index (χ3v) is 5.73. The molecule has 0 bridgehead atoms. The van der Waals surface area contributed by atoms with E-state index in [-0.39, 0.29) is 28.9 Å². The molecule has 2 aromatic heterocycles. The van der Waals surface area contributed by atoms with E-state index in [0.717, 1.165) is 30.6 Å². The topological polar surface area (TPSA) is 92.5 Å². The highest BCUT2D eigenvalue weighted by atomic mass is 32.1. The fourth-order valence-corrected chi connectivity index (χ4v) is 4.16. The molecule has 0 aliphatic carbocycles. The lowest BCUT2D eigenvalue weighted by molar-refractivity contribution is -0.135. The Kier molecular flexibility index (Phi) is 4.40. The first-order valence-electron chi connectivity index (χ1n) is 7.91. The van der Waals surface area contributed by atoms with E-state index >= 15 is 0 Å². The van der Waals surface area contributed by atoms with Crippen molar-refractivity contribution in [2.75, 3.05) is 6.54 Å². The molecular weight excluding hydrogens is 330 g/mol. The fraction of sp³-hybridized carbons (Fsp3) is 0.500. The summed E-state index contributed by atoms with van der Waals surface area (Å²) >= 11 is 0.983. The number of likely N-dealkylation sites (tertiary alicyclic amines) is 1. The molecule has 1 aliphatic rings. The molecule has 1 fully saturated rings. The van der Waals surface area contributed by atoms with Crippen molar-refractivity contribution in [2.24, 2.45) is 0 Å². The summed E-state index contributed by atoms with van der Waals surface area (Å²) in [5.74, 6) is -1.17. The van der Waals surface area contributed by atoms with Crippen LogP contribution < -0.4 is 5.56 Å². The molecule has 24 heavy (non-hydrogen) atoms. The van der Waals surface area contributed by atoms with Crippen LogP contribution in [-0.4, -0.2) is 44.0 Å². The van der Waals surface area contributed by atoms with E-state index in [1.54, 1.807) is 6.92 Å². The van der Waals surface area contributed by atoms with Gasteiger partial charge in [0, 0.05) is 12.6 Å². The number of aromatic carboxylic acids is 1. The van der Waals surface area contributed by atoms with Crippen LogP contribution in [0.25, 0.3) is 10.2 Å². The smallest absolute Gasteiger partial charge is 0.346 e. The molecule has 0 radical (unpaired) electrons. The molecule has 1 saturated heterocycles. The average molecular weight is 349 g/mol. The maximum absolute atomic E-state index is 12.7. The number of amides is 1. The first kappa shape index (κ1) is 16.6. The molecule has 1 atom stereocenters. The van der Waals surface area contributed by atoms with E-state index in [1.165, 1.54) is 10.9 Å². The van der Waals surface area contributed by atoms with Gasteiger partial charge in [-0.2, -0.15) is 0 Å². The van der Waals surface area contributed by atoms with Gasteiger partial charge in [0.15, 0.2) is 0 Å². The molecule has 1 unspecified atom stereocenters. The van der Waals surface area contributed by atoms with Gasteiger partial charge < -0.3 is 10.0 Å². The quantitative estimate of drug-likeness (QED) is 0.913. The van der Waals surface area contributed by atoms with Crippen molar-refractivity contribution in [1.29, 1.82) is 0 Å². The van der Waals surface area contributed by atoms with Crippen LogP contribution in [0.4, 0.5) is 0 Å². The first-order chi connectivity index (χ1) is 11.4. The number of fused-ring (bicyclic) bond motifs is 1. The molecule has 0 spiro atoms. The summed E-state index contributed by atoms with van der Waals surface area (Å²) in [6.45, 7) is 4.27. The van der Waals surface area contributed by atoms with E-state index in [9.17, 15) is 19.5 Å². The minimum absolute atomic E-state index is 0.0657. The molecule has 2 aromatic rings. The summed E-state index contributed by atoms with van der Waals surface area (Å²) < 4.78 is 1.28. The SMILES string of the molecule is Cc1c(C(=O)O)sc2ncn(CC(=O)N3CCCCC3C)c(=O)c12. The van der Waals surface area contributed by atoms with Crippen LogP contribution in [0.5, 0.6) is 0 Å². The number of nitrogens with zero attached hydrogens (tertiary/aromatic N) is 3. The van der Waals surface area contributed by atoms with Crippen LogP contribution in [0.1, 0.15) is 41.4 Å². The summed E-state index contributed by atoms with van der Waals surface area (Å²) in [6, 6.07) is 0.181.